The third-order valence-corrected chi connectivity index (χ3v) is 3.26. The highest BCUT2D eigenvalue weighted by atomic mass is 19.3. The molecule has 0 radical (unpaired) electrons. The second kappa shape index (κ2) is 7.67. The second-order valence-corrected chi connectivity index (χ2v) is 5.04. The van der Waals surface area contributed by atoms with Gasteiger partial charge < -0.3 is 10.1 Å². The van der Waals surface area contributed by atoms with Crippen LogP contribution in [0.4, 0.5) is 13.2 Å². The molecule has 2 rings (SSSR count). The Hall–Kier alpha value is -2.50. The van der Waals surface area contributed by atoms with E-state index >= 15 is 0 Å². The smallest absolute Gasteiger partial charge is 0.387 e. The molecule has 1 atom stereocenters. The molecular formula is C17H16F3NO2. The van der Waals surface area contributed by atoms with Crippen LogP contribution in [0.5, 0.6) is 5.75 Å². The summed E-state index contributed by atoms with van der Waals surface area (Å²) in [7, 11) is 0. The zero-order valence-electron chi connectivity index (χ0n) is 12.4. The van der Waals surface area contributed by atoms with Gasteiger partial charge in [-0.25, -0.2) is 4.39 Å². The van der Waals surface area contributed by atoms with E-state index in [0.29, 0.717) is 5.56 Å². The molecule has 0 spiro atoms. The molecule has 0 saturated heterocycles. The third-order valence-electron chi connectivity index (χ3n) is 3.26. The second-order valence-electron chi connectivity index (χ2n) is 5.04. The monoisotopic (exact) mass is 323 g/mol. The van der Waals surface area contributed by atoms with Gasteiger partial charge in [0.25, 0.3) is 0 Å². The number of halogens is 3. The summed E-state index contributed by atoms with van der Waals surface area (Å²) in [5.74, 6) is -0.501. The molecule has 0 aliphatic carbocycles. The molecule has 0 aliphatic rings. The summed E-state index contributed by atoms with van der Waals surface area (Å²) in [6.07, 6.45) is 0.136. The maximum atomic E-state index is 12.8. The van der Waals surface area contributed by atoms with Gasteiger partial charge in [-0.1, -0.05) is 24.3 Å². The Morgan fingerprint density at radius 2 is 1.70 bits per heavy atom. The predicted molar refractivity (Wildman–Crippen MR) is 79.7 cm³/mol. The number of benzene rings is 2. The Kier molecular flexibility index (Phi) is 5.62. The summed E-state index contributed by atoms with van der Waals surface area (Å²) >= 11 is 0. The van der Waals surface area contributed by atoms with E-state index in [9.17, 15) is 18.0 Å². The molecule has 1 unspecified atom stereocenters. The molecular weight excluding hydrogens is 307 g/mol. The van der Waals surface area contributed by atoms with Gasteiger partial charge in [0.05, 0.1) is 12.5 Å². The molecule has 0 saturated carbocycles. The largest absolute Gasteiger partial charge is 0.435 e. The van der Waals surface area contributed by atoms with E-state index in [0.717, 1.165) is 5.56 Å². The zero-order valence-corrected chi connectivity index (χ0v) is 12.4. The molecule has 122 valence electrons. The fraction of sp³-hybridized carbons (Fsp3) is 0.235. The molecule has 23 heavy (non-hydrogen) atoms. The van der Waals surface area contributed by atoms with E-state index in [4.69, 9.17) is 0 Å². The van der Waals surface area contributed by atoms with E-state index < -0.39 is 6.61 Å². The number of carbonyl (C=O) groups is 1. The lowest BCUT2D eigenvalue weighted by Crippen LogP contribution is -2.28. The zero-order chi connectivity index (χ0) is 16.8. The first-order valence-electron chi connectivity index (χ1n) is 7.02. The number of carbonyl (C=O) groups excluding carboxylic acids is 1. The SMILES string of the molecule is CC(NC(=O)Cc1ccc(F)cc1)c1ccc(OC(F)F)cc1. The Balaban J connectivity index is 1.91. The summed E-state index contributed by atoms with van der Waals surface area (Å²) in [6.45, 7) is -1.08. The molecule has 1 N–H and O–H groups in total. The van der Waals surface area contributed by atoms with Crippen LogP contribution in [0, 0.1) is 5.82 Å². The van der Waals surface area contributed by atoms with Crippen LogP contribution in [-0.2, 0) is 11.2 Å². The quantitative estimate of drug-likeness (QED) is 0.877. The van der Waals surface area contributed by atoms with E-state index in [1.165, 1.54) is 24.3 Å². The first kappa shape index (κ1) is 16.9. The molecule has 2 aromatic carbocycles. The van der Waals surface area contributed by atoms with Gasteiger partial charge in [0.2, 0.25) is 5.91 Å². The lowest BCUT2D eigenvalue weighted by molar-refractivity contribution is -0.121. The molecule has 0 bridgehead atoms. The van der Waals surface area contributed by atoms with Gasteiger partial charge in [-0.15, -0.1) is 0 Å². The van der Waals surface area contributed by atoms with E-state index in [-0.39, 0.29) is 29.9 Å². The standard InChI is InChI=1S/C17H16F3NO2/c1-11(13-4-8-15(9-5-13)23-17(19)20)21-16(22)10-12-2-6-14(18)7-3-12/h2-9,11,17H,10H2,1H3,(H,21,22). The molecule has 3 nitrogen and oxygen atoms in total. The number of amides is 1. The fourth-order valence-corrected chi connectivity index (χ4v) is 2.10. The number of hydrogen-bond donors (Lipinski definition) is 1. The van der Waals surface area contributed by atoms with E-state index in [1.807, 2.05) is 0 Å². The van der Waals surface area contributed by atoms with Crippen molar-refractivity contribution in [1.82, 2.24) is 5.32 Å². The lowest BCUT2D eigenvalue weighted by Gasteiger charge is -2.15. The Bertz CT molecular complexity index is 642. The van der Waals surface area contributed by atoms with E-state index in [1.54, 1.807) is 31.2 Å². The van der Waals surface area contributed by atoms with Crippen LogP contribution in [0.2, 0.25) is 0 Å². The van der Waals surface area contributed by atoms with Crippen molar-refractivity contribution in [2.24, 2.45) is 0 Å². The van der Waals surface area contributed by atoms with Crippen LogP contribution in [0.1, 0.15) is 24.1 Å². The maximum absolute atomic E-state index is 12.8. The summed E-state index contributed by atoms with van der Waals surface area (Å²) < 4.78 is 41.2. The molecule has 0 heterocycles. The van der Waals surface area contributed by atoms with Crippen molar-refractivity contribution < 1.29 is 22.7 Å². The highest BCUT2D eigenvalue weighted by Gasteiger charge is 2.11. The first-order valence-corrected chi connectivity index (χ1v) is 7.02. The van der Waals surface area contributed by atoms with Crippen molar-refractivity contribution in [3.05, 3.63) is 65.5 Å². The summed E-state index contributed by atoms with van der Waals surface area (Å²) in [5, 5.41) is 2.80. The van der Waals surface area contributed by atoms with Gasteiger partial charge in [0, 0.05) is 0 Å². The average molecular weight is 323 g/mol. The Labute approximate surface area is 132 Å². The molecule has 0 aliphatic heterocycles. The highest BCUT2D eigenvalue weighted by Crippen LogP contribution is 2.19. The minimum Gasteiger partial charge on any atom is -0.435 e. The minimum atomic E-state index is -2.87. The van der Waals surface area contributed by atoms with Crippen LogP contribution >= 0.6 is 0 Å². The lowest BCUT2D eigenvalue weighted by atomic mass is 10.1. The average Bonchev–Trinajstić information content (AvgIpc) is 2.49. The first-order chi connectivity index (χ1) is 10.9. The van der Waals surface area contributed by atoms with Crippen molar-refractivity contribution in [3.63, 3.8) is 0 Å². The normalized spacial score (nSPS) is 12.0. The van der Waals surface area contributed by atoms with Crippen molar-refractivity contribution in [2.75, 3.05) is 0 Å². The van der Waals surface area contributed by atoms with Crippen LogP contribution in [0.25, 0.3) is 0 Å². The van der Waals surface area contributed by atoms with Crippen LogP contribution < -0.4 is 10.1 Å². The van der Waals surface area contributed by atoms with Crippen molar-refractivity contribution in [1.29, 1.82) is 0 Å². The van der Waals surface area contributed by atoms with Gasteiger partial charge in [-0.3, -0.25) is 4.79 Å². The summed E-state index contributed by atoms with van der Waals surface area (Å²) in [5.41, 5.74) is 1.47. The van der Waals surface area contributed by atoms with Gasteiger partial charge in [-0.05, 0) is 42.3 Å². The summed E-state index contributed by atoms with van der Waals surface area (Å²) in [6, 6.07) is 11.5. The van der Waals surface area contributed by atoms with E-state index in [2.05, 4.69) is 10.1 Å². The van der Waals surface area contributed by atoms with Gasteiger partial charge >= 0.3 is 6.61 Å². The molecule has 0 aromatic heterocycles. The van der Waals surface area contributed by atoms with Crippen molar-refractivity contribution in [2.45, 2.75) is 26.0 Å². The van der Waals surface area contributed by atoms with Crippen LogP contribution in [0.3, 0.4) is 0 Å². The van der Waals surface area contributed by atoms with Crippen molar-refractivity contribution in [3.8, 4) is 5.75 Å². The predicted octanol–water partition coefficient (Wildman–Crippen LogP) is 3.85. The van der Waals surface area contributed by atoms with Gasteiger partial charge in [0.1, 0.15) is 11.6 Å². The van der Waals surface area contributed by atoms with Gasteiger partial charge in [0.15, 0.2) is 0 Å². The third kappa shape index (κ3) is 5.32. The fourth-order valence-electron chi connectivity index (χ4n) is 2.10. The van der Waals surface area contributed by atoms with Gasteiger partial charge in [-0.2, -0.15) is 8.78 Å². The summed E-state index contributed by atoms with van der Waals surface area (Å²) in [4.78, 5) is 12.0. The molecule has 0 fully saturated rings. The number of alkyl halides is 2. The maximum Gasteiger partial charge on any atom is 0.387 e. The van der Waals surface area contributed by atoms with Crippen LogP contribution in [0.15, 0.2) is 48.5 Å². The highest BCUT2D eigenvalue weighted by molar-refractivity contribution is 5.79. The number of ether oxygens (including phenoxy) is 1. The molecule has 2 aromatic rings. The topological polar surface area (TPSA) is 38.3 Å². The van der Waals surface area contributed by atoms with Crippen LogP contribution in [-0.4, -0.2) is 12.5 Å². The minimum absolute atomic E-state index is 0.0635. The Morgan fingerprint density at radius 1 is 1.09 bits per heavy atom. The molecule has 6 heteroatoms. The number of nitrogens with one attached hydrogen (secondary N) is 1. The number of hydrogen-bond acceptors (Lipinski definition) is 2. The number of rotatable bonds is 6. The molecule has 1 amide bonds. The Morgan fingerprint density at radius 3 is 2.26 bits per heavy atom. The van der Waals surface area contributed by atoms with Crippen molar-refractivity contribution >= 4 is 5.91 Å².